The van der Waals surface area contributed by atoms with E-state index in [1.807, 2.05) is 0 Å². The van der Waals surface area contributed by atoms with Crippen molar-refractivity contribution >= 4 is 0 Å². The minimum absolute atomic E-state index is 0.596. The predicted octanol–water partition coefficient (Wildman–Crippen LogP) is 5.07. The molecule has 0 aromatic rings. The van der Waals surface area contributed by atoms with Crippen LogP contribution in [0.15, 0.2) is 0 Å². The Hall–Kier alpha value is -0.120. The Morgan fingerprint density at radius 1 is 0.500 bits per heavy atom. The highest BCUT2D eigenvalue weighted by atomic mass is 16.5. The van der Waals surface area contributed by atoms with E-state index in [0.29, 0.717) is 26.4 Å². The SMILES string of the molecule is CCCCCCCCCCCCCCCOCCOCCN. The van der Waals surface area contributed by atoms with Crippen LogP contribution in [-0.2, 0) is 9.47 Å². The van der Waals surface area contributed by atoms with Crippen molar-refractivity contribution in [2.45, 2.75) is 90.4 Å². The molecular formula is C19H41NO2. The summed E-state index contributed by atoms with van der Waals surface area (Å²) in [6.45, 7) is 5.78. The molecule has 0 heterocycles. The fourth-order valence-electron chi connectivity index (χ4n) is 2.63. The summed E-state index contributed by atoms with van der Waals surface area (Å²) in [4.78, 5) is 0. The van der Waals surface area contributed by atoms with Gasteiger partial charge in [0.25, 0.3) is 0 Å². The smallest absolute Gasteiger partial charge is 0.0701 e. The lowest BCUT2D eigenvalue weighted by molar-refractivity contribution is 0.0492. The van der Waals surface area contributed by atoms with Gasteiger partial charge >= 0.3 is 0 Å². The molecule has 0 unspecified atom stereocenters. The normalized spacial score (nSPS) is 11.2. The second kappa shape index (κ2) is 20.9. The average Bonchev–Trinajstić information content (AvgIpc) is 2.54. The first kappa shape index (κ1) is 21.9. The highest BCUT2D eigenvalue weighted by molar-refractivity contribution is 4.49. The molecule has 0 saturated heterocycles. The molecule has 0 bridgehead atoms. The second-order valence-electron chi connectivity index (χ2n) is 6.26. The fraction of sp³-hybridized carbons (Fsp3) is 1.00. The number of hydrogen-bond acceptors (Lipinski definition) is 3. The molecule has 0 aromatic heterocycles. The van der Waals surface area contributed by atoms with E-state index in [4.69, 9.17) is 15.2 Å². The lowest BCUT2D eigenvalue weighted by Crippen LogP contribution is -2.12. The Morgan fingerprint density at radius 3 is 1.36 bits per heavy atom. The molecule has 0 atom stereocenters. The molecule has 0 radical (unpaired) electrons. The van der Waals surface area contributed by atoms with E-state index in [2.05, 4.69) is 6.92 Å². The molecular weight excluding hydrogens is 274 g/mol. The maximum atomic E-state index is 5.51. The van der Waals surface area contributed by atoms with Crippen LogP contribution in [0.1, 0.15) is 90.4 Å². The van der Waals surface area contributed by atoms with Gasteiger partial charge in [-0.15, -0.1) is 0 Å². The van der Waals surface area contributed by atoms with Crippen molar-refractivity contribution in [3.05, 3.63) is 0 Å². The molecule has 0 aliphatic carbocycles. The molecule has 0 aliphatic rings. The zero-order valence-corrected chi connectivity index (χ0v) is 15.1. The van der Waals surface area contributed by atoms with Crippen LogP contribution in [0.5, 0.6) is 0 Å². The van der Waals surface area contributed by atoms with E-state index in [0.717, 1.165) is 6.61 Å². The second-order valence-corrected chi connectivity index (χ2v) is 6.26. The summed E-state index contributed by atoms with van der Waals surface area (Å²) in [6, 6.07) is 0. The summed E-state index contributed by atoms with van der Waals surface area (Å²) in [5.41, 5.74) is 5.33. The lowest BCUT2D eigenvalue weighted by atomic mass is 10.0. The van der Waals surface area contributed by atoms with E-state index in [1.165, 1.54) is 83.5 Å². The van der Waals surface area contributed by atoms with Gasteiger partial charge in [0.1, 0.15) is 0 Å². The molecule has 3 heteroatoms. The Bertz CT molecular complexity index is 168. The third-order valence-electron chi connectivity index (χ3n) is 4.03. The van der Waals surface area contributed by atoms with Crippen molar-refractivity contribution in [3.8, 4) is 0 Å². The van der Waals surface area contributed by atoms with Crippen molar-refractivity contribution < 1.29 is 9.47 Å². The fourth-order valence-corrected chi connectivity index (χ4v) is 2.63. The molecule has 0 aromatic carbocycles. The average molecular weight is 316 g/mol. The van der Waals surface area contributed by atoms with Crippen molar-refractivity contribution in [2.75, 3.05) is 33.0 Å². The standard InChI is InChI=1S/C19H41NO2/c1-2-3-4-5-6-7-8-9-10-11-12-13-14-16-21-18-19-22-17-15-20/h2-20H2,1H3. The van der Waals surface area contributed by atoms with Gasteiger partial charge in [0, 0.05) is 13.2 Å². The highest BCUT2D eigenvalue weighted by Crippen LogP contribution is 2.12. The summed E-state index contributed by atoms with van der Waals surface area (Å²) in [5.74, 6) is 0. The quantitative estimate of drug-likeness (QED) is 0.338. The maximum absolute atomic E-state index is 5.51. The van der Waals surface area contributed by atoms with E-state index in [-0.39, 0.29) is 0 Å². The third-order valence-corrected chi connectivity index (χ3v) is 4.03. The highest BCUT2D eigenvalue weighted by Gasteiger charge is 1.94. The molecule has 0 fully saturated rings. The molecule has 22 heavy (non-hydrogen) atoms. The van der Waals surface area contributed by atoms with Crippen LogP contribution < -0.4 is 5.73 Å². The van der Waals surface area contributed by atoms with E-state index < -0.39 is 0 Å². The first-order valence-corrected chi connectivity index (χ1v) is 9.77. The van der Waals surface area contributed by atoms with Crippen molar-refractivity contribution in [1.29, 1.82) is 0 Å². The summed E-state index contributed by atoms with van der Waals surface area (Å²) >= 11 is 0. The number of rotatable bonds is 19. The zero-order valence-electron chi connectivity index (χ0n) is 15.1. The molecule has 2 N–H and O–H groups in total. The molecule has 0 aliphatic heterocycles. The number of unbranched alkanes of at least 4 members (excludes halogenated alkanes) is 12. The van der Waals surface area contributed by atoms with Gasteiger partial charge in [0.05, 0.1) is 19.8 Å². The van der Waals surface area contributed by atoms with Crippen LogP contribution in [0.2, 0.25) is 0 Å². The van der Waals surface area contributed by atoms with Crippen LogP contribution in [0.25, 0.3) is 0 Å². The van der Waals surface area contributed by atoms with Gasteiger partial charge in [0.2, 0.25) is 0 Å². The van der Waals surface area contributed by atoms with E-state index in [9.17, 15) is 0 Å². The molecule has 3 nitrogen and oxygen atoms in total. The lowest BCUT2D eigenvalue weighted by Gasteiger charge is -2.05. The minimum Gasteiger partial charge on any atom is -0.379 e. The summed E-state index contributed by atoms with van der Waals surface area (Å²) in [7, 11) is 0. The van der Waals surface area contributed by atoms with Crippen molar-refractivity contribution in [3.63, 3.8) is 0 Å². The molecule has 0 amide bonds. The number of nitrogens with two attached hydrogens (primary N) is 1. The van der Waals surface area contributed by atoms with Gasteiger partial charge in [-0.25, -0.2) is 0 Å². The van der Waals surface area contributed by atoms with Crippen LogP contribution >= 0.6 is 0 Å². The number of hydrogen-bond donors (Lipinski definition) is 1. The zero-order chi connectivity index (χ0) is 16.1. The Kier molecular flexibility index (Phi) is 20.8. The third kappa shape index (κ3) is 19.9. The van der Waals surface area contributed by atoms with Gasteiger partial charge in [-0.3, -0.25) is 0 Å². The Balaban J connectivity index is 2.91. The van der Waals surface area contributed by atoms with Gasteiger partial charge in [-0.1, -0.05) is 84.0 Å². The summed E-state index contributed by atoms with van der Waals surface area (Å²) in [6.07, 6.45) is 18.1. The van der Waals surface area contributed by atoms with Crippen LogP contribution in [0.4, 0.5) is 0 Å². The monoisotopic (exact) mass is 315 g/mol. The Labute approximate surface area is 139 Å². The molecule has 0 spiro atoms. The molecule has 0 saturated carbocycles. The van der Waals surface area contributed by atoms with E-state index in [1.54, 1.807) is 0 Å². The van der Waals surface area contributed by atoms with Gasteiger partial charge in [-0.05, 0) is 6.42 Å². The largest absolute Gasteiger partial charge is 0.379 e. The maximum Gasteiger partial charge on any atom is 0.0701 e. The van der Waals surface area contributed by atoms with Crippen LogP contribution in [0, 0.1) is 0 Å². The molecule has 134 valence electrons. The molecule has 0 rings (SSSR count). The topological polar surface area (TPSA) is 44.5 Å². The Morgan fingerprint density at radius 2 is 0.909 bits per heavy atom. The van der Waals surface area contributed by atoms with Crippen LogP contribution in [0.3, 0.4) is 0 Å². The predicted molar refractivity (Wildman–Crippen MR) is 96.4 cm³/mol. The van der Waals surface area contributed by atoms with Gasteiger partial charge < -0.3 is 15.2 Å². The number of ether oxygens (including phenoxy) is 2. The first-order chi connectivity index (χ1) is 10.9. The first-order valence-electron chi connectivity index (χ1n) is 9.77. The van der Waals surface area contributed by atoms with Gasteiger partial charge in [0.15, 0.2) is 0 Å². The van der Waals surface area contributed by atoms with Crippen molar-refractivity contribution in [1.82, 2.24) is 0 Å². The van der Waals surface area contributed by atoms with E-state index >= 15 is 0 Å². The van der Waals surface area contributed by atoms with Crippen molar-refractivity contribution in [2.24, 2.45) is 5.73 Å². The minimum atomic E-state index is 0.596. The van der Waals surface area contributed by atoms with Gasteiger partial charge in [-0.2, -0.15) is 0 Å². The summed E-state index contributed by atoms with van der Waals surface area (Å²) < 4.78 is 10.8. The summed E-state index contributed by atoms with van der Waals surface area (Å²) in [5, 5.41) is 0. The van der Waals surface area contributed by atoms with Crippen LogP contribution in [-0.4, -0.2) is 33.0 Å².